The van der Waals surface area contributed by atoms with Crippen molar-refractivity contribution < 1.29 is 10.0 Å². The van der Waals surface area contributed by atoms with Gasteiger partial charge in [0.25, 0.3) is 11.5 Å². The smallest absolute Gasteiger partial charge is 0.266 e. The van der Waals surface area contributed by atoms with Crippen LogP contribution in [-0.2, 0) is 4.79 Å². The Hall–Kier alpha value is -3.51. The minimum absolute atomic E-state index is 0.0380. The molecule has 0 atom stereocenters. The topological polar surface area (TPSA) is 123 Å². The van der Waals surface area contributed by atoms with Gasteiger partial charge < -0.3 is 10.4 Å². The molecule has 0 fully saturated rings. The van der Waals surface area contributed by atoms with Crippen LogP contribution in [0.3, 0.4) is 0 Å². The first kappa shape index (κ1) is 23.6. The van der Waals surface area contributed by atoms with E-state index in [9.17, 15) is 14.8 Å². The van der Waals surface area contributed by atoms with E-state index in [1.807, 2.05) is 12.1 Å². The van der Waals surface area contributed by atoms with Crippen LogP contribution in [0, 0.1) is 5.21 Å². The van der Waals surface area contributed by atoms with Gasteiger partial charge in [0.05, 0.1) is 34.2 Å². The molecule has 0 saturated carbocycles. The first-order chi connectivity index (χ1) is 16.4. The number of anilines is 1. The van der Waals surface area contributed by atoms with Crippen LogP contribution in [0.4, 0.5) is 5.69 Å². The number of para-hydroxylation sites is 1. The lowest BCUT2D eigenvalue weighted by Gasteiger charge is -2.21. The average molecular weight is 539 g/mol. The summed E-state index contributed by atoms with van der Waals surface area (Å²) >= 11 is 4.50. The molecule has 0 saturated heterocycles. The van der Waals surface area contributed by atoms with Gasteiger partial charge in [0.15, 0.2) is 5.16 Å². The van der Waals surface area contributed by atoms with E-state index in [0.29, 0.717) is 27.3 Å². The normalized spacial score (nSPS) is 11.1. The van der Waals surface area contributed by atoms with Crippen molar-refractivity contribution >= 4 is 56.4 Å². The van der Waals surface area contributed by atoms with E-state index in [1.165, 1.54) is 22.9 Å². The number of nitrogens with one attached hydrogen (secondary N) is 1. The maximum Gasteiger partial charge on any atom is 0.266 e. The molecule has 4 rings (SSSR count). The summed E-state index contributed by atoms with van der Waals surface area (Å²) in [5, 5.41) is 24.4. The molecule has 0 aliphatic heterocycles. The largest absolute Gasteiger partial charge is 0.733 e. The molecule has 0 aliphatic carbocycles. The van der Waals surface area contributed by atoms with Gasteiger partial charge in [0.1, 0.15) is 0 Å². The van der Waals surface area contributed by atoms with Gasteiger partial charge in [-0.25, -0.2) is 10.4 Å². The SMILES string of the molecule is O=C(CSc1nc2ccccc2c(=O)n1-c1ccc(Br)cc1)N/N=C\c1cccc(N([O-])O)c1. The maximum atomic E-state index is 13.2. The summed E-state index contributed by atoms with van der Waals surface area (Å²) in [6.45, 7) is 0. The minimum Gasteiger partial charge on any atom is -0.733 e. The predicted molar refractivity (Wildman–Crippen MR) is 136 cm³/mol. The van der Waals surface area contributed by atoms with Crippen LogP contribution in [-0.4, -0.2) is 32.6 Å². The Labute approximate surface area is 206 Å². The van der Waals surface area contributed by atoms with Crippen molar-refractivity contribution in [3.05, 3.63) is 98.4 Å². The zero-order chi connectivity index (χ0) is 24.1. The highest BCUT2D eigenvalue weighted by molar-refractivity contribution is 9.10. The molecule has 34 heavy (non-hydrogen) atoms. The predicted octanol–water partition coefficient (Wildman–Crippen LogP) is 4.08. The number of carbonyl (C=O) groups excluding carboxylic acids is 1. The van der Waals surface area contributed by atoms with Crippen molar-refractivity contribution in [2.45, 2.75) is 5.16 Å². The summed E-state index contributed by atoms with van der Waals surface area (Å²) in [5.74, 6) is -0.446. The lowest BCUT2D eigenvalue weighted by atomic mass is 10.2. The molecule has 3 aromatic carbocycles. The number of hydrogen-bond acceptors (Lipinski definition) is 8. The second-order valence-corrected chi connectivity index (χ2v) is 8.84. The standard InChI is InChI=1S/C23H17BrN5O4S/c24-16-8-10-17(11-9-16)28-22(31)19-6-1-2-7-20(19)26-23(28)34-14-21(30)27-25-13-15-4-3-5-18(12-15)29(32)33/h1-13,32H,14H2,(H,27,30)/q-1/b25-13-. The van der Waals surface area contributed by atoms with Crippen LogP contribution in [0.2, 0.25) is 0 Å². The molecule has 0 radical (unpaired) electrons. The maximum absolute atomic E-state index is 13.2. The summed E-state index contributed by atoms with van der Waals surface area (Å²) in [7, 11) is 0. The fourth-order valence-corrected chi connectivity index (χ4v) is 4.16. The minimum atomic E-state index is -0.408. The van der Waals surface area contributed by atoms with Gasteiger partial charge in [0, 0.05) is 4.47 Å². The number of fused-ring (bicyclic) bond motifs is 1. The van der Waals surface area contributed by atoms with Gasteiger partial charge in [-0.15, -0.1) is 0 Å². The molecule has 11 heteroatoms. The molecule has 0 aliphatic rings. The number of nitrogens with zero attached hydrogens (tertiary/aromatic N) is 4. The molecule has 0 unspecified atom stereocenters. The van der Waals surface area contributed by atoms with Crippen molar-refractivity contribution in [3.63, 3.8) is 0 Å². The Morgan fingerprint density at radius 1 is 1.18 bits per heavy atom. The summed E-state index contributed by atoms with van der Waals surface area (Å²) in [4.78, 5) is 30.2. The fraction of sp³-hybridized carbons (Fsp3) is 0.0435. The molecule has 4 aromatic rings. The van der Waals surface area contributed by atoms with Gasteiger partial charge in [0.2, 0.25) is 0 Å². The molecular weight excluding hydrogens is 522 g/mol. The number of hydrogen-bond donors (Lipinski definition) is 2. The molecule has 0 bridgehead atoms. The zero-order valence-electron chi connectivity index (χ0n) is 17.5. The monoisotopic (exact) mass is 538 g/mol. The Bertz CT molecular complexity index is 1420. The van der Waals surface area contributed by atoms with Crippen LogP contribution in [0.15, 0.2) is 92.3 Å². The Morgan fingerprint density at radius 3 is 2.71 bits per heavy atom. The summed E-state index contributed by atoms with van der Waals surface area (Å²) in [6, 6.07) is 20.3. The molecule has 1 aromatic heterocycles. The lowest BCUT2D eigenvalue weighted by molar-refractivity contribution is -0.118. The highest BCUT2D eigenvalue weighted by Gasteiger charge is 2.14. The molecular formula is C23H17BrN5O4S-. The first-order valence-corrected chi connectivity index (χ1v) is 11.7. The van der Waals surface area contributed by atoms with E-state index in [1.54, 1.807) is 48.5 Å². The number of halogens is 1. The van der Waals surface area contributed by atoms with E-state index in [-0.39, 0.29) is 22.2 Å². The fourth-order valence-electron chi connectivity index (χ4n) is 3.09. The number of thioether (sulfide) groups is 1. The number of carbonyl (C=O) groups is 1. The van der Waals surface area contributed by atoms with E-state index in [0.717, 1.165) is 16.2 Å². The number of benzene rings is 3. The van der Waals surface area contributed by atoms with E-state index in [4.69, 9.17) is 5.21 Å². The van der Waals surface area contributed by atoms with Gasteiger partial charge in [-0.1, -0.05) is 52.0 Å². The highest BCUT2D eigenvalue weighted by atomic mass is 79.9. The summed E-state index contributed by atoms with van der Waals surface area (Å²) < 4.78 is 2.35. The first-order valence-electron chi connectivity index (χ1n) is 9.91. The van der Waals surface area contributed by atoms with Gasteiger partial charge >= 0.3 is 0 Å². The second kappa shape index (κ2) is 10.6. The third-order valence-electron chi connectivity index (χ3n) is 4.66. The van der Waals surface area contributed by atoms with E-state index < -0.39 is 5.91 Å². The molecule has 9 nitrogen and oxygen atoms in total. The van der Waals surface area contributed by atoms with Crippen LogP contribution in [0.25, 0.3) is 16.6 Å². The number of rotatable bonds is 7. The van der Waals surface area contributed by atoms with Crippen molar-refractivity contribution in [2.24, 2.45) is 5.10 Å². The number of hydrazone groups is 1. The van der Waals surface area contributed by atoms with Gasteiger partial charge in [-0.2, -0.15) is 5.10 Å². The van der Waals surface area contributed by atoms with Crippen molar-refractivity contribution in [1.29, 1.82) is 0 Å². The van der Waals surface area contributed by atoms with Crippen LogP contribution in [0.5, 0.6) is 0 Å². The Balaban J connectivity index is 1.53. The molecule has 1 amide bonds. The van der Waals surface area contributed by atoms with Gasteiger partial charge in [-0.3, -0.25) is 19.4 Å². The Morgan fingerprint density at radius 2 is 1.94 bits per heavy atom. The second-order valence-electron chi connectivity index (χ2n) is 6.98. The zero-order valence-corrected chi connectivity index (χ0v) is 19.9. The van der Waals surface area contributed by atoms with Crippen molar-refractivity contribution in [1.82, 2.24) is 15.0 Å². The Kier molecular flexibility index (Phi) is 7.38. The van der Waals surface area contributed by atoms with Gasteiger partial charge in [-0.05, 0) is 54.1 Å². The molecule has 2 N–H and O–H groups in total. The summed E-state index contributed by atoms with van der Waals surface area (Å²) in [5.41, 5.74) is 3.89. The van der Waals surface area contributed by atoms with E-state index >= 15 is 0 Å². The average Bonchev–Trinajstić information content (AvgIpc) is 2.84. The lowest BCUT2D eigenvalue weighted by Crippen LogP contribution is -2.24. The third-order valence-corrected chi connectivity index (χ3v) is 6.12. The van der Waals surface area contributed by atoms with Crippen LogP contribution >= 0.6 is 27.7 Å². The quantitative estimate of drug-likeness (QED) is 0.157. The molecule has 172 valence electrons. The number of amides is 1. The molecule has 1 heterocycles. The van der Waals surface area contributed by atoms with Crippen molar-refractivity contribution in [2.75, 3.05) is 11.0 Å². The van der Waals surface area contributed by atoms with E-state index in [2.05, 4.69) is 31.4 Å². The van der Waals surface area contributed by atoms with Crippen LogP contribution in [0.1, 0.15) is 5.56 Å². The highest BCUT2D eigenvalue weighted by Crippen LogP contribution is 2.22. The van der Waals surface area contributed by atoms with Crippen molar-refractivity contribution in [3.8, 4) is 5.69 Å². The number of aromatic nitrogens is 2. The van der Waals surface area contributed by atoms with Crippen LogP contribution < -0.4 is 16.2 Å². The summed E-state index contributed by atoms with van der Waals surface area (Å²) in [6.07, 6.45) is 1.35. The third kappa shape index (κ3) is 5.51. The molecule has 0 spiro atoms.